The quantitative estimate of drug-likeness (QED) is 0.200. The van der Waals surface area contributed by atoms with E-state index < -0.39 is 23.5 Å². The van der Waals surface area contributed by atoms with Gasteiger partial charge in [0, 0.05) is 64.8 Å². The molecule has 0 aliphatic carbocycles. The van der Waals surface area contributed by atoms with Crippen LogP contribution in [0.2, 0.25) is 0 Å². The van der Waals surface area contributed by atoms with Gasteiger partial charge in [-0.2, -0.15) is 0 Å². The number of nitrogens with one attached hydrogen (secondary N) is 2. The first-order valence-electron chi connectivity index (χ1n) is 17.2. The number of hydrogen-bond acceptors (Lipinski definition) is 5. The summed E-state index contributed by atoms with van der Waals surface area (Å²) in [6.07, 6.45) is 3.74. The number of para-hydroxylation sites is 4. The third-order valence-electron chi connectivity index (χ3n) is 10.9. The van der Waals surface area contributed by atoms with Gasteiger partial charge in [0.05, 0.1) is 28.0 Å². The van der Waals surface area contributed by atoms with Gasteiger partial charge in [-0.25, -0.2) is 0 Å². The lowest BCUT2D eigenvalue weighted by Gasteiger charge is -2.34. The molecule has 1 saturated heterocycles. The number of rotatable bonds is 2. The Bertz CT molecular complexity index is 2970. The van der Waals surface area contributed by atoms with Gasteiger partial charge >= 0.3 is 0 Å². The zero-order valence-corrected chi connectivity index (χ0v) is 28.5. The van der Waals surface area contributed by atoms with Crippen LogP contribution in [0, 0.1) is 0 Å². The average molecular weight is 699 g/mol. The Balaban J connectivity index is 0.000000132. The molecule has 4 aromatic heterocycles. The van der Waals surface area contributed by atoms with Crippen LogP contribution in [0.25, 0.3) is 66.3 Å². The lowest BCUT2D eigenvalue weighted by Crippen LogP contribution is -2.46. The van der Waals surface area contributed by atoms with Crippen molar-refractivity contribution in [2.75, 3.05) is 7.05 Å². The first-order valence-corrected chi connectivity index (χ1v) is 17.2. The molecule has 3 aliphatic rings. The van der Waals surface area contributed by atoms with E-state index in [2.05, 4.69) is 10.3 Å². The maximum absolute atomic E-state index is 13.1. The molecule has 53 heavy (non-hydrogen) atoms. The summed E-state index contributed by atoms with van der Waals surface area (Å²) < 4.78 is 5.39. The molecule has 7 heterocycles. The fraction of sp³-hybridized carbons (Fsp3) is 0.0952. The minimum absolute atomic E-state index is 0.362. The highest BCUT2D eigenvalue weighted by Gasteiger charge is 2.63. The van der Waals surface area contributed by atoms with Crippen LogP contribution in [-0.2, 0) is 32.0 Å². The van der Waals surface area contributed by atoms with Crippen LogP contribution in [0.4, 0.5) is 0 Å². The van der Waals surface area contributed by atoms with Crippen molar-refractivity contribution in [3.63, 3.8) is 0 Å². The van der Waals surface area contributed by atoms with Crippen LogP contribution in [0.5, 0.6) is 0 Å². The lowest BCUT2D eigenvalue weighted by molar-refractivity contribution is -0.152. The van der Waals surface area contributed by atoms with E-state index in [1.807, 2.05) is 133 Å². The number of carbonyl (C=O) groups excluding carboxylic acids is 4. The number of aromatic nitrogens is 4. The second kappa shape index (κ2) is 10.8. The molecule has 0 saturated carbocycles. The molecule has 11 heteroatoms. The smallest absolute Gasteiger partial charge is 0.283 e. The number of likely N-dealkylation sites (tertiary alicyclic amines) is 1. The van der Waals surface area contributed by atoms with Crippen molar-refractivity contribution in [1.82, 2.24) is 28.9 Å². The number of amides is 4. The third kappa shape index (κ3) is 4.02. The number of hydrogen-bond donors (Lipinski definition) is 3. The molecule has 4 amide bonds. The van der Waals surface area contributed by atoms with Crippen LogP contribution < -0.4 is 5.32 Å². The van der Waals surface area contributed by atoms with Gasteiger partial charge in [-0.15, -0.1) is 0 Å². The molecular formula is C42H30N6O5. The Kier molecular flexibility index (Phi) is 6.26. The average Bonchev–Trinajstić information content (AvgIpc) is 4.00. The minimum Gasteiger partial charge on any atom is -0.362 e. The van der Waals surface area contributed by atoms with Crippen molar-refractivity contribution in [2.45, 2.75) is 11.6 Å². The number of carbonyl (C=O) groups is 4. The highest BCUT2D eigenvalue weighted by atomic mass is 16.3. The fourth-order valence-corrected chi connectivity index (χ4v) is 8.50. The highest BCUT2D eigenvalue weighted by Crippen LogP contribution is 2.54. The molecule has 8 aromatic rings. The lowest BCUT2D eigenvalue weighted by atomic mass is 9.84. The number of aliphatic hydroxyl groups is 1. The zero-order valence-electron chi connectivity index (χ0n) is 28.5. The van der Waals surface area contributed by atoms with Crippen LogP contribution >= 0.6 is 0 Å². The number of benzene rings is 4. The number of imide groups is 2. The van der Waals surface area contributed by atoms with Crippen molar-refractivity contribution in [3.05, 3.63) is 133 Å². The number of fused-ring (bicyclic) bond motifs is 12. The summed E-state index contributed by atoms with van der Waals surface area (Å²) in [4.78, 5) is 55.9. The molecule has 258 valence electrons. The number of aromatic amines is 1. The highest BCUT2D eigenvalue weighted by molar-refractivity contribution is 6.47. The van der Waals surface area contributed by atoms with Crippen LogP contribution in [0.1, 0.15) is 17.0 Å². The molecule has 3 N–H and O–H groups in total. The third-order valence-corrected chi connectivity index (χ3v) is 10.9. The molecular weight excluding hydrogens is 668 g/mol. The van der Waals surface area contributed by atoms with E-state index in [0.717, 1.165) is 59.8 Å². The number of H-pyrrole nitrogens is 1. The molecule has 0 unspecified atom stereocenters. The summed E-state index contributed by atoms with van der Waals surface area (Å²) >= 11 is 0. The van der Waals surface area contributed by atoms with Crippen molar-refractivity contribution in [2.24, 2.45) is 7.05 Å². The van der Waals surface area contributed by atoms with Gasteiger partial charge in [-0.1, -0.05) is 72.8 Å². The fourth-order valence-electron chi connectivity index (χ4n) is 8.50. The Morgan fingerprint density at radius 1 is 0.717 bits per heavy atom. The molecule has 1 fully saturated rings. The van der Waals surface area contributed by atoms with E-state index >= 15 is 0 Å². The molecule has 11 rings (SSSR count). The van der Waals surface area contributed by atoms with Gasteiger partial charge in [0.2, 0.25) is 11.6 Å². The Morgan fingerprint density at radius 3 is 2.17 bits per heavy atom. The van der Waals surface area contributed by atoms with E-state index in [1.165, 1.54) is 7.05 Å². The first-order chi connectivity index (χ1) is 25.7. The molecule has 0 spiro atoms. The largest absolute Gasteiger partial charge is 0.362 e. The van der Waals surface area contributed by atoms with E-state index in [0.29, 0.717) is 22.5 Å². The van der Waals surface area contributed by atoms with Crippen molar-refractivity contribution < 1.29 is 24.3 Å². The van der Waals surface area contributed by atoms with Crippen LogP contribution in [0.3, 0.4) is 0 Å². The van der Waals surface area contributed by atoms with E-state index in [4.69, 9.17) is 0 Å². The van der Waals surface area contributed by atoms with E-state index in [-0.39, 0.29) is 11.8 Å². The monoisotopic (exact) mass is 698 g/mol. The summed E-state index contributed by atoms with van der Waals surface area (Å²) in [5.41, 5.74) is 5.24. The summed E-state index contributed by atoms with van der Waals surface area (Å²) in [6.45, 7) is 0. The maximum Gasteiger partial charge on any atom is 0.283 e. The summed E-state index contributed by atoms with van der Waals surface area (Å²) in [5.74, 6) is -2.71. The minimum atomic E-state index is -1.97. The molecule has 11 nitrogen and oxygen atoms in total. The standard InChI is InChI=1S/C21H15N3O3.C21H15N3O2/c1-23-19(25)17-16-12-7-3-4-8-13(12)22-18(16)15-10-11-6-2-5-9-14(11)24(15)21(17,27)20(23)26;1-23-12-15(14-7-3-5-9-17(14)23)18-19(21(26)22-20(18)25)24-11-10-13-6-2-4-8-16(13)24/h2-10,17,22,27H,1H3;2-12H,1H3,(H,22,25,26)/t17-,21+;/m1./s1. The normalized spacial score (nSPS) is 19.3. The zero-order chi connectivity index (χ0) is 36.3. The molecule has 3 aliphatic heterocycles. The van der Waals surface area contributed by atoms with E-state index in [1.54, 1.807) is 9.13 Å². The maximum atomic E-state index is 13.1. The summed E-state index contributed by atoms with van der Waals surface area (Å²) in [7, 11) is 3.37. The second-order valence-corrected chi connectivity index (χ2v) is 13.7. The van der Waals surface area contributed by atoms with Gasteiger partial charge < -0.3 is 23.8 Å². The van der Waals surface area contributed by atoms with Gasteiger partial charge in [-0.05, 0) is 41.8 Å². The first kappa shape index (κ1) is 30.8. The molecule has 2 atom stereocenters. The SMILES string of the molecule is CN1C(=O)[C@H]2c3c([nH]c4ccccc34)-c3cc4ccccc4n3[C@@]2(O)C1=O.Cn1cc(C2=C(n3ccc4ccccc43)C(=O)NC2=O)c2ccccc21. The van der Waals surface area contributed by atoms with Gasteiger partial charge in [-0.3, -0.25) is 29.4 Å². The van der Waals surface area contributed by atoms with Crippen molar-refractivity contribution >= 4 is 78.5 Å². The topological polar surface area (TPSA) is 134 Å². The predicted octanol–water partition coefficient (Wildman–Crippen LogP) is 5.69. The molecule has 4 aromatic carbocycles. The molecule has 0 radical (unpaired) electrons. The van der Waals surface area contributed by atoms with Crippen molar-refractivity contribution in [3.8, 4) is 11.4 Å². The van der Waals surface area contributed by atoms with Gasteiger partial charge in [0.25, 0.3) is 17.7 Å². The number of nitrogens with zero attached hydrogens (tertiary/aromatic N) is 4. The second-order valence-electron chi connectivity index (χ2n) is 13.7. The Hall–Kier alpha value is -6.98. The summed E-state index contributed by atoms with van der Waals surface area (Å²) in [5, 5.41) is 17.9. The van der Waals surface area contributed by atoms with Gasteiger partial charge in [0.1, 0.15) is 11.6 Å². The Morgan fingerprint density at radius 2 is 1.38 bits per heavy atom. The van der Waals surface area contributed by atoms with Gasteiger partial charge in [0.15, 0.2) is 0 Å². The van der Waals surface area contributed by atoms with Crippen LogP contribution in [-0.4, -0.2) is 59.4 Å². The van der Waals surface area contributed by atoms with Crippen molar-refractivity contribution in [1.29, 1.82) is 0 Å². The Labute approximate surface area is 300 Å². The van der Waals surface area contributed by atoms with Crippen LogP contribution in [0.15, 0.2) is 122 Å². The number of likely N-dealkylation sites (N-methyl/N-ethyl adjacent to an activating group) is 1. The summed E-state index contributed by atoms with van der Waals surface area (Å²) in [6, 6.07) is 34.8. The predicted molar refractivity (Wildman–Crippen MR) is 201 cm³/mol. The molecule has 0 bridgehead atoms. The van der Waals surface area contributed by atoms with E-state index in [9.17, 15) is 24.3 Å². The number of aryl methyl sites for hydroxylation is 1.